The van der Waals surface area contributed by atoms with Crippen LogP contribution in [-0.2, 0) is 0 Å². The molecule has 84 valence electrons. The molecule has 0 aromatic heterocycles. The van der Waals surface area contributed by atoms with E-state index in [9.17, 15) is 5.11 Å². The molecule has 1 aromatic carbocycles. The molecule has 1 rings (SSSR count). The minimum absolute atomic E-state index is 0.193. The smallest absolute Gasteiger partial charge is 0.0662 e. The lowest BCUT2D eigenvalue weighted by Crippen LogP contribution is -2.32. The van der Waals surface area contributed by atoms with Crippen LogP contribution in [0.2, 0.25) is 0 Å². The first-order chi connectivity index (χ1) is 6.82. The number of hydrogen-bond acceptors (Lipinski definition) is 1. The predicted molar refractivity (Wildman–Crippen MR) is 65.1 cm³/mol. The quantitative estimate of drug-likeness (QED) is 0.802. The van der Waals surface area contributed by atoms with E-state index in [1.165, 1.54) is 11.1 Å². The van der Waals surface area contributed by atoms with Gasteiger partial charge in [0.05, 0.1) is 5.60 Å². The highest BCUT2D eigenvalue weighted by Crippen LogP contribution is 2.34. The molecule has 1 aromatic rings. The Balaban J connectivity index is 3.05. The van der Waals surface area contributed by atoms with Crippen molar-refractivity contribution in [2.45, 2.75) is 46.1 Å². The van der Waals surface area contributed by atoms with Crippen molar-refractivity contribution >= 4 is 0 Å². The molecule has 0 saturated heterocycles. The molecule has 0 bridgehead atoms. The molecule has 0 spiro atoms. The summed E-state index contributed by atoms with van der Waals surface area (Å²) >= 11 is 0. The van der Waals surface area contributed by atoms with Crippen molar-refractivity contribution in [1.82, 2.24) is 0 Å². The maximum Gasteiger partial charge on any atom is 0.0662 e. The summed E-state index contributed by atoms with van der Waals surface area (Å²) in [5.41, 5.74) is 1.82. The van der Waals surface area contributed by atoms with Gasteiger partial charge in [0.25, 0.3) is 0 Å². The lowest BCUT2D eigenvalue weighted by Gasteiger charge is -2.33. The number of aryl methyl sites for hydroxylation is 1. The van der Waals surface area contributed by atoms with Crippen LogP contribution in [-0.4, -0.2) is 10.7 Å². The number of rotatable bonds is 3. The van der Waals surface area contributed by atoms with Crippen LogP contribution in [0.3, 0.4) is 0 Å². The van der Waals surface area contributed by atoms with E-state index in [0.29, 0.717) is 5.92 Å². The zero-order chi connectivity index (χ0) is 11.6. The molecule has 1 atom stereocenters. The third kappa shape index (κ3) is 3.07. The molecular formula is C14H22O. The zero-order valence-corrected chi connectivity index (χ0v) is 10.4. The second-order valence-electron chi connectivity index (χ2n) is 5.29. The summed E-state index contributed by atoms with van der Waals surface area (Å²) < 4.78 is 0. The highest BCUT2D eigenvalue weighted by molar-refractivity contribution is 5.26. The first-order valence-corrected chi connectivity index (χ1v) is 5.61. The van der Waals surface area contributed by atoms with Crippen LogP contribution in [0.25, 0.3) is 0 Å². The Bertz CT molecular complexity index is 303. The van der Waals surface area contributed by atoms with Crippen LogP contribution in [0.5, 0.6) is 0 Å². The Kier molecular flexibility index (Phi) is 3.56. The summed E-state index contributed by atoms with van der Waals surface area (Å²) in [6, 6.07) is 8.46. The molecule has 0 aliphatic rings. The van der Waals surface area contributed by atoms with Crippen molar-refractivity contribution in [2.24, 2.45) is 5.92 Å². The fourth-order valence-corrected chi connectivity index (χ4v) is 2.38. The van der Waals surface area contributed by atoms with Gasteiger partial charge in [-0.15, -0.1) is 0 Å². The molecule has 0 unspecified atom stereocenters. The van der Waals surface area contributed by atoms with E-state index in [-0.39, 0.29) is 5.92 Å². The molecule has 15 heavy (non-hydrogen) atoms. The number of benzene rings is 1. The van der Waals surface area contributed by atoms with Gasteiger partial charge in [0, 0.05) is 5.92 Å². The molecule has 1 nitrogen and oxygen atoms in total. The SMILES string of the molecule is Cc1ccc([C@@H](C(C)C)C(C)(C)O)cc1. The van der Waals surface area contributed by atoms with Crippen LogP contribution in [0.1, 0.15) is 44.7 Å². The van der Waals surface area contributed by atoms with E-state index in [0.717, 1.165) is 0 Å². The van der Waals surface area contributed by atoms with E-state index >= 15 is 0 Å². The summed E-state index contributed by atoms with van der Waals surface area (Å²) in [5, 5.41) is 10.2. The van der Waals surface area contributed by atoms with Gasteiger partial charge in [0.2, 0.25) is 0 Å². The molecule has 0 radical (unpaired) electrons. The maximum absolute atomic E-state index is 10.2. The minimum Gasteiger partial charge on any atom is -0.390 e. The minimum atomic E-state index is -0.663. The second-order valence-corrected chi connectivity index (χ2v) is 5.29. The summed E-state index contributed by atoms with van der Waals surface area (Å²) in [5.74, 6) is 0.630. The van der Waals surface area contributed by atoms with Crippen molar-refractivity contribution in [1.29, 1.82) is 0 Å². The molecule has 1 heteroatoms. The Hall–Kier alpha value is -0.820. The van der Waals surface area contributed by atoms with Crippen molar-refractivity contribution in [2.75, 3.05) is 0 Å². The van der Waals surface area contributed by atoms with Gasteiger partial charge in [-0.2, -0.15) is 0 Å². The lowest BCUT2D eigenvalue weighted by atomic mass is 9.77. The molecule has 1 N–H and O–H groups in total. The fraction of sp³-hybridized carbons (Fsp3) is 0.571. The summed E-state index contributed by atoms with van der Waals surface area (Å²) in [6.45, 7) is 10.2. The summed E-state index contributed by atoms with van der Waals surface area (Å²) in [4.78, 5) is 0. The van der Waals surface area contributed by atoms with Crippen molar-refractivity contribution in [3.8, 4) is 0 Å². The van der Waals surface area contributed by atoms with E-state index in [1.54, 1.807) is 0 Å². The highest BCUT2D eigenvalue weighted by Gasteiger charge is 2.30. The number of aliphatic hydroxyl groups is 1. The summed E-state index contributed by atoms with van der Waals surface area (Å²) in [7, 11) is 0. The Labute approximate surface area is 93.1 Å². The topological polar surface area (TPSA) is 20.2 Å². The van der Waals surface area contributed by atoms with Gasteiger partial charge in [-0.3, -0.25) is 0 Å². The second kappa shape index (κ2) is 4.36. The normalized spacial score (nSPS) is 14.3. The highest BCUT2D eigenvalue weighted by atomic mass is 16.3. The Morgan fingerprint density at radius 1 is 1.07 bits per heavy atom. The van der Waals surface area contributed by atoms with Gasteiger partial charge in [-0.05, 0) is 32.3 Å². The fourth-order valence-electron chi connectivity index (χ4n) is 2.38. The molecule has 0 heterocycles. The molecule has 0 aliphatic carbocycles. The van der Waals surface area contributed by atoms with Crippen LogP contribution in [0.4, 0.5) is 0 Å². The van der Waals surface area contributed by atoms with Gasteiger partial charge < -0.3 is 5.11 Å². The van der Waals surface area contributed by atoms with Crippen molar-refractivity contribution in [3.05, 3.63) is 35.4 Å². The van der Waals surface area contributed by atoms with E-state index in [1.807, 2.05) is 13.8 Å². The average Bonchev–Trinajstić information content (AvgIpc) is 2.05. The van der Waals surface area contributed by atoms with Gasteiger partial charge >= 0.3 is 0 Å². The van der Waals surface area contributed by atoms with Gasteiger partial charge in [-0.1, -0.05) is 43.7 Å². The van der Waals surface area contributed by atoms with E-state index in [4.69, 9.17) is 0 Å². The molecule has 0 fully saturated rings. The zero-order valence-electron chi connectivity index (χ0n) is 10.4. The Morgan fingerprint density at radius 3 is 1.87 bits per heavy atom. The Morgan fingerprint density at radius 2 is 1.53 bits per heavy atom. The van der Waals surface area contributed by atoms with Crippen LogP contribution in [0, 0.1) is 12.8 Å². The van der Waals surface area contributed by atoms with Gasteiger partial charge in [-0.25, -0.2) is 0 Å². The lowest BCUT2D eigenvalue weighted by molar-refractivity contribution is 0.0332. The molecular weight excluding hydrogens is 184 g/mol. The number of hydrogen-bond donors (Lipinski definition) is 1. The first kappa shape index (κ1) is 12.3. The van der Waals surface area contributed by atoms with Crippen LogP contribution < -0.4 is 0 Å². The van der Waals surface area contributed by atoms with Crippen LogP contribution in [0.15, 0.2) is 24.3 Å². The largest absolute Gasteiger partial charge is 0.390 e. The maximum atomic E-state index is 10.2. The standard InChI is InChI=1S/C14H22O/c1-10(2)13(14(4,5)15)12-8-6-11(3)7-9-12/h6-10,13,15H,1-5H3/t13-/m1/s1. The summed E-state index contributed by atoms with van der Waals surface area (Å²) in [6.07, 6.45) is 0. The third-order valence-corrected chi connectivity index (χ3v) is 2.86. The van der Waals surface area contributed by atoms with E-state index in [2.05, 4.69) is 45.0 Å². The van der Waals surface area contributed by atoms with Gasteiger partial charge in [0.1, 0.15) is 0 Å². The molecule has 0 amide bonds. The average molecular weight is 206 g/mol. The predicted octanol–water partition coefficient (Wildman–Crippen LogP) is 3.51. The molecule has 0 saturated carbocycles. The van der Waals surface area contributed by atoms with E-state index < -0.39 is 5.60 Å². The first-order valence-electron chi connectivity index (χ1n) is 5.61. The van der Waals surface area contributed by atoms with Crippen LogP contribution >= 0.6 is 0 Å². The van der Waals surface area contributed by atoms with Crippen molar-refractivity contribution < 1.29 is 5.11 Å². The third-order valence-electron chi connectivity index (χ3n) is 2.86. The van der Waals surface area contributed by atoms with Gasteiger partial charge in [0.15, 0.2) is 0 Å². The monoisotopic (exact) mass is 206 g/mol. The van der Waals surface area contributed by atoms with Crippen molar-refractivity contribution in [3.63, 3.8) is 0 Å². The molecule has 0 aliphatic heterocycles.